The lowest BCUT2D eigenvalue weighted by molar-refractivity contribution is -0.149. The van der Waals surface area contributed by atoms with Gasteiger partial charge in [-0.1, -0.05) is 25.5 Å². The van der Waals surface area contributed by atoms with Crippen molar-refractivity contribution in [2.75, 3.05) is 7.11 Å². The maximum atomic E-state index is 11.6. The average molecular weight is 290 g/mol. The molecule has 114 valence electrons. The van der Waals surface area contributed by atoms with Crippen LogP contribution in [0.15, 0.2) is 24.3 Å². The van der Waals surface area contributed by atoms with Gasteiger partial charge in [-0.25, -0.2) is 4.79 Å². The molecular formula is C17H22O4. The monoisotopic (exact) mass is 290 g/mol. The molecule has 1 aliphatic rings. The van der Waals surface area contributed by atoms with Gasteiger partial charge in [0, 0.05) is 0 Å². The van der Waals surface area contributed by atoms with E-state index in [0.29, 0.717) is 12.0 Å². The van der Waals surface area contributed by atoms with Crippen molar-refractivity contribution >= 4 is 11.9 Å². The average Bonchev–Trinajstić information content (AvgIpc) is 2.93. The summed E-state index contributed by atoms with van der Waals surface area (Å²) in [5.74, 6) is -0.754. The summed E-state index contributed by atoms with van der Waals surface area (Å²) in [7, 11) is 1.36. The van der Waals surface area contributed by atoms with Crippen molar-refractivity contribution in [1.29, 1.82) is 0 Å². The zero-order valence-electron chi connectivity index (χ0n) is 12.6. The second-order valence-electron chi connectivity index (χ2n) is 5.89. The molecule has 2 atom stereocenters. The van der Waals surface area contributed by atoms with Gasteiger partial charge in [-0.3, -0.25) is 4.79 Å². The van der Waals surface area contributed by atoms with Crippen LogP contribution >= 0.6 is 0 Å². The van der Waals surface area contributed by atoms with Crippen molar-refractivity contribution in [3.8, 4) is 0 Å². The lowest BCUT2D eigenvalue weighted by atomic mass is 9.80. The van der Waals surface area contributed by atoms with Crippen LogP contribution in [-0.2, 0) is 9.53 Å². The Kier molecular flexibility index (Phi) is 4.66. The van der Waals surface area contributed by atoms with E-state index in [1.165, 1.54) is 7.11 Å². The maximum Gasteiger partial charge on any atom is 0.337 e. The van der Waals surface area contributed by atoms with Crippen molar-refractivity contribution in [1.82, 2.24) is 0 Å². The van der Waals surface area contributed by atoms with Gasteiger partial charge in [0.2, 0.25) is 0 Å². The molecule has 2 rings (SSSR count). The van der Waals surface area contributed by atoms with E-state index in [0.717, 1.165) is 31.2 Å². The minimum Gasteiger partial charge on any atom is -0.481 e. The minimum atomic E-state index is -0.668. The summed E-state index contributed by atoms with van der Waals surface area (Å²) in [6, 6.07) is 7.34. The number of carbonyl (C=O) groups excluding carboxylic acids is 1. The molecule has 4 nitrogen and oxygen atoms in total. The normalized spacial score (nSPS) is 24.8. The molecule has 21 heavy (non-hydrogen) atoms. The fourth-order valence-corrected chi connectivity index (χ4v) is 3.43. The van der Waals surface area contributed by atoms with Gasteiger partial charge in [-0.05, 0) is 49.3 Å². The first-order chi connectivity index (χ1) is 10.0. The highest BCUT2D eigenvalue weighted by atomic mass is 16.5. The van der Waals surface area contributed by atoms with Gasteiger partial charge in [0.05, 0.1) is 18.1 Å². The number of aliphatic carboxylic acids is 1. The summed E-state index contributed by atoms with van der Waals surface area (Å²) in [6.07, 6.45) is 3.94. The van der Waals surface area contributed by atoms with Gasteiger partial charge >= 0.3 is 11.9 Å². The van der Waals surface area contributed by atoms with Crippen molar-refractivity contribution in [3.63, 3.8) is 0 Å². The molecule has 1 saturated carbocycles. The Morgan fingerprint density at radius 2 is 2.00 bits per heavy atom. The van der Waals surface area contributed by atoms with Crippen LogP contribution < -0.4 is 0 Å². The van der Waals surface area contributed by atoms with E-state index >= 15 is 0 Å². The van der Waals surface area contributed by atoms with Crippen LogP contribution in [-0.4, -0.2) is 24.2 Å². The van der Waals surface area contributed by atoms with Gasteiger partial charge in [0.15, 0.2) is 0 Å². The Labute approximate surface area is 125 Å². The summed E-state index contributed by atoms with van der Waals surface area (Å²) in [5, 5.41) is 9.55. The van der Waals surface area contributed by atoms with Crippen LogP contribution in [0.25, 0.3) is 0 Å². The first-order valence-corrected chi connectivity index (χ1v) is 7.44. The van der Waals surface area contributed by atoms with Crippen LogP contribution in [0.5, 0.6) is 0 Å². The molecule has 1 N–H and O–H groups in total. The third kappa shape index (κ3) is 3.09. The number of ether oxygens (including phenoxy) is 1. The molecule has 1 aliphatic carbocycles. The predicted molar refractivity (Wildman–Crippen MR) is 79.4 cm³/mol. The molecule has 1 aromatic carbocycles. The number of rotatable bonds is 5. The van der Waals surface area contributed by atoms with E-state index in [2.05, 4.69) is 4.74 Å². The molecule has 0 aliphatic heterocycles. The molecule has 0 saturated heterocycles. The Hall–Kier alpha value is -1.84. The van der Waals surface area contributed by atoms with Crippen LogP contribution in [0.3, 0.4) is 0 Å². The minimum absolute atomic E-state index is 0.263. The van der Waals surface area contributed by atoms with Gasteiger partial charge in [0.1, 0.15) is 0 Å². The third-order valence-corrected chi connectivity index (χ3v) is 4.59. The van der Waals surface area contributed by atoms with E-state index < -0.39 is 11.4 Å². The number of benzene rings is 1. The number of carboxylic acids is 1. The van der Waals surface area contributed by atoms with Gasteiger partial charge < -0.3 is 9.84 Å². The highest BCUT2D eigenvalue weighted by Crippen LogP contribution is 2.49. The van der Waals surface area contributed by atoms with Crippen molar-refractivity contribution in [2.24, 2.45) is 5.41 Å². The van der Waals surface area contributed by atoms with Crippen molar-refractivity contribution in [2.45, 2.75) is 44.9 Å². The van der Waals surface area contributed by atoms with E-state index in [-0.39, 0.29) is 11.9 Å². The molecule has 0 radical (unpaired) electrons. The molecule has 0 spiro atoms. The zero-order valence-corrected chi connectivity index (χ0v) is 12.6. The Morgan fingerprint density at radius 3 is 2.52 bits per heavy atom. The molecule has 4 heteroatoms. The van der Waals surface area contributed by atoms with Gasteiger partial charge in [0.25, 0.3) is 0 Å². The fraction of sp³-hybridized carbons (Fsp3) is 0.529. The van der Waals surface area contributed by atoms with E-state index in [1.807, 2.05) is 19.1 Å². The molecule has 0 aromatic heterocycles. The molecule has 0 unspecified atom stereocenters. The molecule has 1 fully saturated rings. The summed E-state index contributed by atoms with van der Waals surface area (Å²) >= 11 is 0. The number of carbonyl (C=O) groups is 2. The van der Waals surface area contributed by atoms with E-state index in [4.69, 9.17) is 0 Å². The summed E-state index contributed by atoms with van der Waals surface area (Å²) < 4.78 is 4.68. The number of hydrogen-bond acceptors (Lipinski definition) is 3. The summed E-state index contributed by atoms with van der Waals surface area (Å²) in [6.45, 7) is 2.03. The molecular weight excluding hydrogens is 268 g/mol. The van der Waals surface area contributed by atoms with Crippen LogP contribution in [0.2, 0.25) is 0 Å². The number of hydrogen-bond donors (Lipinski definition) is 1. The van der Waals surface area contributed by atoms with Crippen molar-refractivity contribution in [3.05, 3.63) is 35.4 Å². The van der Waals surface area contributed by atoms with Gasteiger partial charge in [-0.2, -0.15) is 0 Å². The fourth-order valence-electron chi connectivity index (χ4n) is 3.43. The Morgan fingerprint density at radius 1 is 1.33 bits per heavy atom. The van der Waals surface area contributed by atoms with Gasteiger partial charge in [-0.15, -0.1) is 0 Å². The second kappa shape index (κ2) is 6.29. The second-order valence-corrected chi connectivity index (χ2v) is 5.89. The van der Waals surface area contributed by atoms with E-state index in [9.17, 15) is 14.7 Å². The SMILES string of the molecule is CCC[C@@]1(C(=O)O)CC[C@H](c2ccc(C(=O)OC)cc2)C1. The topological polar surface area (TPSA) is 63.6 Å². The Balaban J connectivity index is 2.13. The molecule has 0 bridgehead atoms. The highest BCUT2D eigenvalue weighted by molar-refractivity contribution is 5.89. The molecule has 1 aromatic rings. The predicted octanol–water partition coefficient (Wildman–Crippen LogP) is 3.61. The maximum absolute atomic E-state index is 11.6. The number of methoxy groups -OCH3 is 1. The Bertz CT molecular complexity index is 520. The summed E-state index contributed by atoms with van der Waals surface area (Å²) in [4.78, 5) is 23.0. The lowest BCUT2D eigenvalue weighted by Gasteiger charge is -2.23. The van der Waals surface area contributed by atoms with E-state index in [1.54, 1.807) is 12.1 Å². The first kappa shape index (κ1) is 15.5. The first-order valence-electron chi connectivity index (χ1n) is 7.44. The molecule has 0 amide bonds. The number of carboxylic acid groups (broad SMARTS) is 1. The standard InChI is InChI=1S/C17H22O4/c1-3-9-17(16(19)20)10-8-14(11-17)12-4-6-13(7-5-12)15(18)21-2/h4-7,14H,3,8-11H2,1-2H3,(H,19,20)/t14-,17+/m0/s1. The third-order valence-electron chi connectivity index (χ3n) is 4.59. The quantitative estimate of drug-likeness (QED) is 0.841. The number of esters is 1. The van der Waals surface area contributed by atoms with Crippen molar-refractivity contribution < 1.29 is 19.4 Å². The lowest BCUT2D eigenvalue weighted by Crippen LogP contribution is -2.27. The van der Waals surface area contributed by atoms with Crippen LogP contribution in [0.1, 0.15) is 60.9 Å². The summed E-state index contributed by atoms with van der Waals surface area (Å²) in [5.41, 5.74) is 1.07. The van der Waals surface area contributed by atoms with Crippen LogP contribution in [0, 0.1) is 5.41 Å². The largest absolute Gasteiger partial charge is 0.481 e. The smallest absolute Gasteiger partial charge is 0.337 e. The molecule has 0 heterocycles. The van der Waals surface area contributed by atoms with Crippen LogP contribution in [0.4, 0.5) is 0 Å². The zero-order chi connectivity index (χ0) is 15.5. The highest BCUT2D eigenvalue weighted by Gasteiger charge is 2.44.